The van der Waals surface area contributed by atoms with E-state index in [1.54, 1.807) is 11.3 Å². The van der Waals surface area contributed by atoms with Crippen LogP contribution in [0, 0.1) is 5.92 Å². The van der Waals surface area contributed by atoms with Crippen molar-refractivity contribution in [2.45, 2.75) is 19.4 Å². The molecule has 1 aliphatic rings. The smallest absolute Gasteiger partial charge is 0.123 e. The zero-order valence-corrected chi connectivity index (χ0v) is 10.5. The maximum Gasteiger partial charge on any atom is 0.123 e. The second-order valence-electron chi connectivity index (χ2n) is 4.57. The molecule has 1 N–H and O–H groups in total. The van der Waals surface area contributed by atoms with Gasteiger partial charge < -0.3 is 5.32 Å². The SMILES string of the molecule is c1ccc(-c2ncc(CNCC3CC3)s2)cc1. The van der Waals surface area contributed by atoms with Crippen molar-refractivity contribution < 1.29 is 0 Å². The van der Waals surface area contributed by atoms with Crippen LogP contribution in [0.5, 0.6) is 0 Å². The summed E-state index contributed by atoms with van der Waals surface area (Å²) in [5, 5.41) is 4.62. The molecule has 0 amide bonds. The Hall–Kier alpha value is -1.19. The summed E-state index contributed by atoms with van der Waals surface area (Å²) in [4.78, 5) is 5.80. The summed E-state index contributed by atoms with van der Waals surface area (Å²) in [5.41, 5.74) is 1.21. The lowest BCUT2D eigenvalue weighted by atomic mass is 10.2. The van der Waals surface area contributed by atoms with E-state index in [2.05, 4.69) is 34.6 Å². The van der Waals surface area contributed by atoms with Gasteiger partial charge in [-0.3, -0.25) is 0 Å². The van der Waals surface area contributed by atoms with E-state index < -0.39 is 0 Å². The van der Waals surface area contributed by atoms with E-state index in [-0.39, 0.29) is 0 Å². The van der Waals surface area contributed by atoms with Gasteiger partial charge in [0.25, 0.3) is 0 Å². The van der Waals surface area contributed by atoms with Crippen molar-refractivity contribution in [3.05, 3.63) is 41.4 Å². The van der Waals surface area contributed by atoms with Crippen molar-refractivity contribution in [1.82, 2.24) is 10.3 Å². The van der Waals surface area contributed by atoms with Gasteiger partial charge in [-0.1, -0.05) is 30.3 Å². The van der Waals surface area contributed by atoms with E-state index in [1.165, 1.54) is 29.8 Å². The second kappa shape index (κ2) is 4.98. The van der Waals surface area contributed by atoms with E-state index >= 15 is 0 Å². The molecule has 0 radical (unpaired) electrons. The van der Waals surface area contributed by atoms with Gasteiger partial charge in [-0.15, -0.1) is 11.3 Å². The summed E-state index contributed by atoms with van der Waals surface area (Å²) in [7, 11) is 0. The number of benzene rings is 1. The van der Waals surface area contributed by atoms with Crippen molar-refractivity contribution in [3.63, 3.8) is 0 Å². The highest BCUT2D eigenvalue weighted by molar-refractivity contribution is 7.15. The fourth-order valence-corrected chi connectivity index (χ4v) is 2.71. The molecule has 2 nitrogen and oxygen atoms in total. The number of thiazole rings is 1. The molecule has 0 atom stereocenters. The summed E-state index contributed by atoms with van der Waals surface area (Å²) >= 11 is 1.78. The molecule has 17 heavy (non-hydrogen) atoms. The first-order chi connectivity index (χ1) is 8.42. The predicted molar refractivity (Wildman–Crippen MR) is 72.0 cm³/mol. The van der Waals surface area contributed by atoms with E-state index in [0.717, 1.165) is 17.5 Å². The Morgan fingerprint density at radius 1 is 1.24 bits per heavy atom. The minimum absolute atomic E-state index is 0.941. The molecular formula is C14H16N2S. The molecule has 1 fully saturated rings. The van der Waals surface area contributed by atoms with Gasteiger partial charge in [0.05, 0.1) is 0 Å². The summed E-state index contributed by atoms with van der Waals surface area (Å²) in [6.45, 7) is 2.12. The molecule has 1 aromatic heterocycles. The molecule has 0 aliphatic heterocycles. The van der Waals surface area contributed by atoms with Crippen molar-refractivity contribution in [2.75, 3.05) is 6.54 Å². The van der Waals surface area contributed by atoms with Crippen LogP contribution in [0.3, 0.4) is 0 Å². The van der Waals surface area contributed by atoms with Crippen LogP contribution in [0.2, 0.25) is 0 Å². The Kier molecular flexibility index (Phi) is 3.20. The molecule has 0 bridgehead atoms. The minimum atomic E-state index is 0.941. The lowest BCUT2D eigenvalue weighted by molar-refractivity contribution is 0.643. The lowest BCUT2D eigenvalue weighted by Crippen LogP contribution is -2.15. The standard InChI is InChI=1S/C14H16N2S/c1-2-4-12(5-3-1)14-16-10-13(17-14)9-15-8-11-6-7-11/h1-5,10-11,15H,6-9H2. The molecule has 1 aliphatic carbocycles. The van der Waals surface area contributed by atoms with Crippen LogP contribution in [0.4, 0.5) is 0 Å². The second-order valence-corrected chi connectivity index (χ2v) is 5.69. The molecule has 0 saturated heterocycles. The van der Waals surface area contributed by atoms with Gasteiger partial charge in [-0.05, 0) is 25.3 Å². The normalized spacial score (nSPS) is 15.1. The van der Waals surface area contributed by atoms with Crippen molar-refractivity contribution >= 4 is 11.3 Å². The van der Waals surface area contributed by atoms with E-state index in [1.807, 2.05) is 12.3 Å². The van der Waals surface area contributed by atoms with Gasteiger partial charge in [0.1, 0.15) is 5.01 Å². The van der Waals surface area contributed by atoms with Crippen LogP contribution in [0.25, 0.3) is 10.6 Å². The molecular weight excluding hydrogens is 228 g/mol. The van der Waals surface area contributed by atoms with Gasteiger partial charge in [-0.2, -0.15) is 0 Å². The Labute approximate surface area is 106 Å². The van der Waals surface area contributed by atoms with Crippen molar-refractivity contribution in [1.29, 1.82) is 0 Å². The van der Waals surface area contributed by atoms with Crippen LogP contribution < -0.4 is 5.32 Å². The third-order valence-electron chi connectivity index (χ3n) is 3.00. The summed E-state index contributed by atoms with van der Waals surface area (Å²) in [6.07, 6.45) is 4.81. The Bertz CT molecular complexity index is 474. The average Bonchev–Trinajstić information content (AvgIpc) is 3.07. The zero-order valence-electron chi connectivity index (χ0n) is 9.73. The maximum atomic E-state index is 4.48. The first-order valence-corrected chi connectivity index (χ1v) is 6.94. The van der Waals surface area contributed by atoms with Crippen LogP contribution in [0.1, 0.15) is 17.7 Å². The van der Waals surface area contributed by atoms with E-state index in [0.29, 0.717) is 0 Å². The maximum absolute atomic E-state index is 4.48. The Morgan fingerprint density at radius 3 is 2.82 bits per heavy atom. The molecule has 88 valence electrons. The number of nitrogens with zero attached hydrogens (tertiary/aromatic N) is 1. The van der Waals surface area contributed by atoms with Crippen LogP contribution in [-0.2, 0) is 6.54 Å². The topological polar surface area (TPSA) is 24.9 Å². The number of rotatable bonds is 5. The van der Waals surface area contributed by atoms with Gasteiger partial charge in [0.15, 0.2) is 0 Å². The summed E-state index contributed by atoms with van der Waals surface area (Å²) in [6, 6.07) is 10.4. The fraction of sp³-hybridized carbons (Fsp3) is 0.357. The summed E-state index contributed by atoms with van der Waals surface area (Å²) in [5.74, 6) is 0.941. The largest absolute Gasteiger partial charge is 0.312 e. The van der Waals surface area contributed by atoms with E-state index in [9.17, 15) is 0 Å². The minimum Gasteiger partial charge on any atom is -0.312 e. The third-order valence-corrected chi connectivity index (χ3v) is 4.05. The van der Waals surface area contributed by atoms with Gasteiger partial charge in [0, 0.05) is 23.2 Å². The number of aromatic nitrogens is 1. The van der Waals surface area contributed by atoms with Gasteiger partial charge in [-0.25, -0.2) is 4.98 Å². The molecule has 2 aromatic rings. The molecule has 0 unspecified atom stereocenters. The molecule has 1 aromatic carbocycles. The predicted octanol–water partition coefficient (Wildman–Crippen LogP) is 3.31. The third kappa shape index (κ3) is 2.93. The average molecular weight is 244 g/mol. The first kappa shape index (κ1) is 10.9. The Balaban J connectivity index is 1.61. The summed E-state index contributed by atoms with van der Waals surface area (Å²) < 4.78 is 0. The van der Waals surface area contributed by atoms with Crippen molar-refractivity contribution in [2.24, 2.45) is 5.92 Å². The zero-order chi connectivity index (χ0) is 11.5. The van der Waals surface area contributed by atoms with Crippen molar-refractivity contribution in [3.8, 4) is 10.6 Å². The molecule has 1 heterocycles. The first-order valence-electron chi connectivity index (χ1n) is 6.12. The van der Waals surface area contributed by atoms with Crippen LogP contribution in [0.15, 0.2) is 36.5 Å². The number of nitrogens with one attached hydrogen (secondary N) is 1. The highest BCUT2D eigenvalue weighted by Crippen LogP contribution is 2.28. The van der Waals surface area contributed by atoms with Gasteiger partial charge >= 0.3 is 0 Å². The van der Waals surface area contributed by atoms with Crippen LogP contribution >= 0.6 is 11.3 Å². The number of hydrogen-bond donors (Lipinski definition) is 1. The van der Waals surface area contributed by atoms with Crippen LogP contribution in [-0.4, -0.2) is 11.5 Å². The lowest BCUT2D eigenvalue weighted by Gasteiger charge is -1.99. The number of hydrogen-bond acceptors (Lipinski definition) is 3. The van der Waals surface area contributed by atoms with E-state index in [4.69, 9.17) is 0 Å². The molecule has 3 heteroatoms. The molecule has 0 spiro atoms. The monoisotopic (exact) mass is 244 g/mol. The fourth-order valence-electron chi connectivity index (χ4n) is 1.82. The highest BCUT2D eigenvalue weighted by Gasteiger charge is 2.20. The van der Waals surface area contributed by atoms with Gasteiger partial charge in [0.2, 0.25) is 0 Å². The highest BCUT2D eigenvalue weighted by atomic mass is 32.1. The quantitative estimate of drug-likeness (QED) is 0.873. The molecule has 1 saturated carbocycles. The molecule has 3 rings (SSSR count). The Morgan fingerprint density at radius 2 is 2.06 bits per heavy atom.